The van der Waals surface area contributed by atoms with E-state index in [0.717, 1.165) is 18.5 Å². The highest BCUT2D eigenvalue weighted by Gasteiger charge is 2.31. The Morgan fingerprint density at radius 3 is 2.56 bits per heavy atom. The third-order valence-corrected chi connectivity index (χ3v) is 2.53. The molecule has 0 saturated carbocycles. The highest BCUT2D eigenvalue weighted by molar-refractivity contribution is 5.80. The molecule has 0 radical (unpaired) electrons. The third-order valence-electron chi connectivity index (χ3n) is 2.53. The van der Waals surface area contributed by atoms with Crippen LogP contribution >= 0.6 is 0 Å². The van der Waals surface area contributed by atoms with Crippen LogP contribution in [0.1, 0.15) is 52.8 Å². The molecule has 0 aliphatic heterocycles. The second-order valence-corrected chi connectivity index (χ2v) is 5.32. The summed E-state index contributed by atoms with van der Waals surface area (Å²) >= 11 is 0. The van der Waals surface area contributed by atoms with E-state index in [1.54, 1.807) is 11.6 Å². The average Bonchev–Trinajstić information content (AvgIpc) is 2.50. The summed E-state index contributed by atoms with van der Waals surface area (Å²) in [5.74, 6) is 0.125. The van der Waals surface area contributed by atoms with Gasteiger partial charge in [0.1, 0.15) is 6.04 Å². The van der Waals surface area contributed by atoms with E-state index < -0.39 is 0 Å². The van der Waals surface area contributed by atoms with Crippen molar-refractivity contribution in [1.82, 2.24) is 15.0 Å². The number of ketones is 1. The van der Waals surface area contributed by atoms with Crippen LogP contribution in [0.3, 0.4) is 0 Å². The lowest BCUT2D eigenvalue weighted by molar-refractivity contribution is -0.123. The minimum Gasteiger partial charge on any atom is -0.298 e. The van der Waals surface area contributed by atoms with Gasteiger partial charge < -0.3 is 0 Å². The van der Waals surface area contributed by atoms with Gasteiger partial charge in [-0.15, -0.1) is 5.10 Å². The van der Waals surface area contributed by atoms with E-state index in [2.05, 4.69) is 17.2 Å². The highest BCUT2D eigenvalue weighted by Crippen LogP contribution is 2.30. The molecule has 4 nitrogen and oxygen atoms in total. The van der Waals surface area contributed by atoms with Crippen LogP contribution < -0.4 is 0 Å². The Hall–Kier alpha value is -1.19. The van der Waals surface area contributed by atoms with Crippen LogP contribution in [-0.4, -0.2) is 20.8 Å². The molecule has 0 aliphatic rings. The molecular formula is C12H21N3O. The van der Waals surface area contributed by atoms with Gasteiger partial charge in [-0.05, 0) is 18.8 Å². The molecule has 90 valence electrons. The molecule has 0 fully saturated rings. The van der Waals surface area contributed by atoms with Gasteiger partial charge in [0.25, 0.3) is 0 Å². The van der Waals surface area contributed by atoms with Crippen molar-refractivity contribution < 1.29 is 4.79 Å². The maximum Gasteiger partial charge on any atom is 0.154 e. The first-order chi connectivity index (χ1) is 7.36. The SMILES string of the molecule is CCCc1cn(C(C(C)=O)C(C)(C)C)nn1. The normalized spacial score (nSPS) is 13.8. The Bertz CT molecular complexity index is 363. The van der Waals surface area contributed by atoms with Crippen molar-refractivity contribution in [3.8, 4) is 0 Å². The predicted molar refractivity (Wildman–Crippen MR) is 63.2 cm³/mol. The zero-order chi connectivity index (χ0) is 12.3. The van der Waals surface area contributed by atoms with Gasteiger partial charge in [-0.1, -0.05) is 39.3 Å². The molecule has 0 spiro atoms. The first-order valence-electron chi connectivity index (χ1n) is 5.77. The van der Waals surface area contributed by atoms with Gasteiger partial charge in [0, 0.05) is 6.20 Å². The number of hydrogen-bond acceptors (Lipinski definition) is 3. The second-order valence-electron chi connectivity index (χ2n) is 5.32. The topological polar surface area (TPSA) is 47.8 Å². The number of nitrogens with zero attached hydrogens (tertiary/aromatic N) is 3. The standard InChI is InChI=1S/C12H21N3O/c1-6-7-10-8-15(14-13-10)11(9(2)16)12(3,4)5/h8,11H,6-7H2,1-5H3. The summed E-state index contributed by atoms with van der Waals surface area (Å²) in [5, 5.41) is 8.15. The summed E-state index contributed by atoms with van der Waals surface area (Å²) in [4.78, 5) is 11.7. The summed E-state index contributed by atoms with van der Waals surface area (Å²) < 4.78 is 1.70. The van der Waals surface area contributed by atoms with E-state index in [1.165, 1.54) is 0 Å². The Morgan fingerprint density at radius 2 is 2.12 bits per heavy atom. The lowest BCUT2D eigenvalue weighted by Crippen LogP contribution is -2.30. The first-order valence-corrected chi connectivity index (χ1v) is 5.77. The molecule has 1 aromatic heterocycles. The van der Waals surface area contributed by atoms with E-state index in [9.17, 15) is 4.79 Å². The average molecular weight is 223 g/mol. The zero-order valence-electron chi connectivity index (χ0n) is 10.8. The molecule has 1 heterocycles. The number of aromatic nitrogens is 3. The van der Waals surface area contributed by atoms with Gasteiger partial charge in [-0.3, -0.25) is 4.79 Å². The fourth-order valence-corrected chi connectivity index (χ4v) is 2.00. The van der Waals surface area contributed by atoms with E-state index in [4.69, 9.17) is 0 Å². The molecule has 16 heavy (non-hydrogen) atoms. The summed E-state index contributed by atoms with van der Waals surface area (Å²) in [5.41, 5.74) is 0.821. The molecule has 0 aliphatic carbocycles. The monoisotopic (exact) mass is 223 g/mol. The number of Topliss-reactive ketones (excluding diaryl/α,β-unsaturated/α-hetero) is 1. The molecule has 0 aromatic carbocycles. The summed E-state index contributed by atoms with van der Waals surface area (Å²) in [6, 6.07) is -0.231. The van der Waals surface area contributed by atoms with E-state index in [-0.39, 0.29) is 17.2 Å². The minimum atomic E-state index is -0.231. The number of aryl methyl sites for hydroxylation is 1. The Kier molecular flexibility index (Phi) is 3.83. The van der Waals surface area contributed by atoms with Gasteiger partial charge in [-0.25, -0.2) is 4.68 Å². The van der Waals surface area contributed by atoms with Crippen LogP contribution in [0.2, 0.25) is 0 Å². The van der Waals surface area contributed by atoms with Crippen molar-refractivity contribution in [3.05, 3.63) is 11.9 Å². The van der Waals surface area contributed by atoms with Gasteiger partial charge >= 0.3 is 0 Å². The smallest absolute Gasteiger partial charge is 0.154 e. The number of carbonyl (C=O) groups excluding carboxylic acids is 1. The second kappa shape index (κ2) is 4.76. The van der Waals surface area contributed by atoms with Crippen LogP contribution in [-0.2, 0) is 11.2 Å². The van der Waals surface area contributed by atoms with Crippen LogP contribution in [0.25, 0.3) is 0 Å². The lowest BCUT2D eigenvalue weighted by Gasteiger charge is -2.28. The quantitative estimate of drug-likeness (QED) is 0.787. The lowest BCUT2D eigenvalue weighted by atomic mass is 9.84. The van der Waals surface area contributed by atoms with E-state index in [1.807, 2.05) is 27.0 Å². The third kappa shape index (κ3) is 2.90. The van der Waals surface area contributed by atoms with Crippen LogP contribution in [0.15, 0.2) is 6.20 Å². The van der Waals surface area contributed by atoms with E-state index >= 15 is 0 Å². The molecule has 0 bridgehead atoms. The summed E-state index contributed by atoms with van der Waals surface area (Å²) in [7, 11) is 0. The molecule has 0 amide bonds. The van der Waals surface area contributed by atoms with Crippen molar-refractivity contribution in [2.24, 2.45) is 5.41 Å². The van der Waals surface area contributed by atoms with Crippen molar-refractivity contribution in [3.63, 3.8) is 0 Å². The Balaban J connectivity index is 2.98. The molecule has 1 atom stereocenters. The van der Waals surface area contributed by atoms with Crippen molar-refractivity contribution >= 4 is 5.78 Å². The molecule has 0 N–H and O–H groups in total. The summed E-state index contributed by atoms with van der Waals surface area (Å²) in [6.07, 6.45) is 3.84. The Morgan fingerprint density at radius 1 is 1.50 bits per heavy atom. The summed E-state index contributed by atoms with van der Waals surface area (Å²) in [6.45, 7) is 9.84. The van der Waals surface area contributed by atoms with Crippen LogP contribution in [0, 0.1) is 5.41 Å². The fraction of sp³-hybridized carbons (Fsp3) is 0.750. The maximum atomic E-state index is 11.7. The molecule has 1 aromatic rings. The first kappa shape index (κ1) is 12.9. The van der Waals surface area contributed by atoms with Crippen molar-refractivity contribution in [2.45, 2.75) is 53.5 Å². The van der Waals surface area contributed by atoms with Gasteiger partial charge in [-0.2, -0.15) is 0 Å². The largest absolute Gasteiger partial charge is 0.298 e. The van der Waals surface area contributed by atoms with E-state index in [0.29, 0.717) is 0 Å². The number of rotatable bonds is 4. The fourth-order valence-electron chi connectivity index (χ4n) is 2.00. The van der Waals surface area contributed by atoms with Gasteiger partial charge in [0.2, 0.25) is 0 Å². The van der Waals surface area contributed by atoms with Gasteiger partial charge in [0.15, 0.2) is 5.78 Å². The van der Waals surface area contributed by atoms with Crippen LogP contribution in [0.4, 0.5) is 0 Å². The van der Waals surface area contributed by atoms with Crippen LogP contribution in [0.5, 0.6) is 0 Å². The predicted octanol–water partition coefficient (Wildman–Crippen LogP) is 2.41. The van der Waals surface area contributed by atoms with Crippen molar-refractivity contribution in [1.29, 1.82) is 0 Å². The number of hydrogen-bond donors (Lipinski definition) is 0. The number of carbonyl (C=O) groups is 1. The van der Waals surface area contributed by atoms with Gasteiger partial charge in [0.05, 0.1) is 5.69 Å². The maximum absolute atomic E-state index is 11.7. The molecule has 0 saturated heterocycles. The zero-order valence-corrected chi connectivity index (χ0v) is 10.8. The minimum absolute atomic E-state index is 0.125. The molecule has 4 heteroatoms. The molecular weight excluding hydrogens is 202 g/mol. The molecule has 1 unspecified atom stereocenters. The van der Waals surface area contributed by atoms with Crippen molar-refractivity contribution in [2.75, 3.05) is 0 Å². The molecule has 1 rings (SSSR count). The Labute approximate surface area is 97.0 Å². The highest BCUT2D eigenvalue weighted by atomic mass is 16.1.